The van der Waals surface area contributed by atoms with E-state index in [1.807, 2.05) is 48.5 Å². The number of nitrogens with zero attached hydrogens (tertiary/aromatic N) is 2. The average molecular weight is 308 g/mol. The van der Waals surface area contributed by atoms with Gasteiger partial charge in [0.25, 0.3) is 0 Å². The largest absolute Gasteiger partial charge is 0.387 e. The third-order valence-corrected chi connectivity index (χ3v) is 4.44. The highest BCUT2D eigenvalue weighted by atomic mass is 16.5. The number of hydrogen-bond donors (Lipinski definition) is 1. The maximum absolute atomic E-state index is 10.6. The van der Waals surface area contributed by atoms with E-state index in [4.69, 9.17) is 9.72 Å². The summed E-state index contributed by atoms with van der Waals surface area (Å²) in [6.07, 6.45) is 1.53. The number of rotatable bonds is 4. The first-order valence-corrected chi connectivity index (χ1v) is 8.13. The predicted molar refractivity (Wildman–Crippen MR) is 89.1 cm³/mol. The van der Waals surface area contributed by atoms with Crippen LogP contribution in [0.2, 0.25) is 0 Å². The molecule has 118 valence electrons. The molecule has 1 aliphatic heterocycles. The van der Waals surface area contributed by atoms with Gasteiger partial charge >= 0.3 is 0 Å². The highest BCUT2D eigenvalue weighted by Gasteiger charge is 2.25. The van der Waals surface area contributed by atoms with Gasteiger partial charge in [-0.2, -0.15) is 0 Å². The molecule has 0 aliphatic carbocycles. The van der Waals surface area contributed by atoms with E-state index in [-0.39, 0.29) is 6.10 Å². The van der Waals surface area contributed by atoms with Gasteiger partial charge in [0.05, 0.1) is 23.7 Å². The van der Waals surface area contributed by atoms with Crippen LogP contribution < -0.4 is 0 Å². The highest BCUT2D eigenvalue weighted by molar-refractivity contribution is 5.76. The average Bonchev–Trinajstić information content (AvgIpc) is 3.24. The number of aliphatic hydroxyl groups is 1. The molecule has 2 heterocycles. The maximum atomic E-state index is 10.6. The molecule has 1 aromatic heterocycles. The Morgan fingerprint density at radius 3 is 2.70 bits per heavy atom. The summed E-state index contributed by atoms with van der Waals surface area (Å²) in [5.41, 5.74) is 2.93. The first-order chi connectivity index (χ1) is 11.3. The molecule has 0 amide bonds. The first kappa shape index (κ1) is 14.4. The molecule has 0 radical (unpaired) electrons. The van der Waals surface area contributed by atoms with Crippen molar-refractivity contribution >= 4 is 11.0 Å². The van der Waals surface area contributed by atoms with Crippen molar-refractivity contribution in [3.8, 4) is 0 Å². The van der Waals surface area contributed by atoms with E-state index in [2.05, 4.69) is 10.6 Å². The Morgan fingerprint density at radius 2 is 1.91 bits per heavy atom. The lowest BCUT2D eigenvalue weighted by atomic mass is 10.1. The minimum Gasteiger partial charge on any atom is -0.387 e. The zero-order valence-corrected chi connectivity index (χ0v) is 12.9. The van der Waals surface area contributed by atoms with Gasteiger partial charge in [-0.1, -0.05) is 42.5 Å². The molecular weight excluding hydrogens is 288 g/mol. The molecule has 4 heteroatoms. The fourth-order valence-corrected chi connectivity index (χ4v) is 3.27. The molecule has 0 saturated carbocycles. The Kier molecular flexibility index (Phi) is 3.85. The van der Waals surface area contributed by atoms with Crippen LogP contribution in [-0.4, -0.2) is 21.3 Å². The third-order valence-electron chi connectivity index (χ3n) is 4.44. The second-order valence-electron chi connectivity index (χ2n) is 6.00. The smallest absolute Gasteiger partial charge is 0.139 e. The standard InChI is InChI=1S/C19H20N2O2/c22-17(14-7-2-1-3-8-14)13-21-16-10-5-4-9-15(16)20-19(21)18-11-6-12-23-18/h1-5,7-10,17-18,22H,6,11-13H2. The predicted octanol–water partition coefficient (Wildman–Crippen LogP) is 3.62. The minimum absolute atomic E-state index is 0.0328. The Hall–Kier alpha value is -2.17. The van der Waals surface area contributed by atoms with Crippen molar-refractivity contribution in [1.29, 1.82) is 0 Å². The summed E-state index contributed by atoms with van der Waals surface area (Å²) in [5.74, 6) is 0.929. The van der Waals surface area contributed by atoms with Crippen LogP contribution in [-0.2, 0) is 11.3 Å². The summed E-state index contributed by atoms with van der Waals surface area (Å²) >= 11 is 0. The van der Waals surface area contributed by atoms with Crippen molar-refractivity contribution in [2.75, 3.05) is 6.61 Å². The summed E-state index contributed by atoms with van der Waals surface area (Å²) < 4.78 is 7.95. The van der Waals surface area contributed by atoms with Gasteiger partial charge in [0.15, 0.2) is 0 Å². The van der Waals surface area contributed by atoms with Gasteiger partial charge in [0.1, 0.15) is 11.9 Å². The number of benzene rings is 2. The van der Waals surface area contributed by atoms with Crippen LogP contribution in [0.1, 0.15) is 36.4 Å². The fourth-order valence-electron chi connectivity index (χ4n) is 3.27. The summed E-state index contributed by atoms with van der Waals surface area (Å²) in [4.78, 5) is 4.77. The van der Waals surface area contributed by atoms with E-state index in [0.29, 0.717) is 6.54 Å². The molecular formula is C19H20N2O2. The van der Waals surface area contributed by atoms with Crippen LogP contribution in [0.25, 0.3) is 11.0 Å². The molecule has 4 nitrogen and oxygen atoms in total. The number of imidazole rings is 1. The Labute approximate surface area is 135 Å². The molecule has 0 spiro atoms. The zero-order chi connectivity index (χ0) is 15.6. The lowest BCUT2D eigenvalue weighted by Crippen LogP contribution is -2.14. The molecule has 1 aliphatic rings. The van der Waals surface area contributed by atoms with Crippen LogP contribution in [0, 0.1) is 0 Å². The third kappa shape index (κ3) is 2.76. The van der Waals surface area contributed by atoms with Gasteiger partial charge in [-0.3, -0.25) is 0 Å². The van der Waals surface area contributed by atoms with Crippen molar-refractivity contribution < 1.29 is 9.84 Å². The topological polar surface area (TPSA) is 47.3 Å². The number of aliphatic hydroxyl groups excluding tert-OH is 1. The molecule has 23 heavy (non-hydrogen) atoms. The van der Waals surface area contributed by atoms with E-state index in [1.54, 1.807) is 0 Å². The lowest BCUT2D eigenvalue weighted by Gasteiger charge is -2.17. The maximum Gasteiger partial charge on any atom is 0.139 e. The van der Waals surface area contributed by atoms with Gasteiger partial charge in [-0.15, -0.1) is 0 Å². The second-order valence-corrected chi connectivity index (χ2v) is 6.00. The SMILES string of the molecule is OC(Cn1c(C2CCCO2)nc2ccccc21)c1ccccc1. The summed E-state index contributed by atoms with van der Waals surface area (Å²) in [6, 6.07) is 17.8. The van der Waals surface area contributed by atoms with Crippen LogP contribution >= 0.6 is 0 Å². The van der Waals surface area contributed by atoms with Gasteiger partial charge in [0, 0.05) is 6.61 Å². The van der Waals surface area contributed by atoms with Crippen molar-refractivity contribution in [3.63, 3.8) is 0 Å². The van der Waals surface area contributed by atoms with Crippen LogP contribution in [0.15, 0.2) is 54.6 Å². The van der Waals surface area contributed by atoms with E-state index < -0.39 is 6.10 Å². The van der Waals surface area contributed by atoms with Gasteiger partial charge in [0.2, 0.25) is 0 Å². The molecule has 2 atom stereocenters. The van der Waals surface area contributed by atoms with E-state index in [9.17, 15) is 5.11 Å². The molecule has 2 aromatic carbocycles. The molecule has 4 rings (SSSR count). The number of ether oxygens (including phenoxy) is 1. The monoisotopic (exact) mass is 308 g/mol. The summed E-state index contributed by atoms with van der Waals surface area (Å²) in [7, 11) is 0. The first-order valence-electron chi connectivity index (χ1n) is 8.13. The number of hydrogen-bond acceptors (Lipinski definition) is 3. The van der Waals surface area contributed by atoms with E-state index in [1.165, 1.54) is 0 Å². The molecule has 2 unspecified atom stereocenters. The van der Waals surface area contributed by atoms with Gasteiger partial charge < -0.3 is 14.4 Å². The number of para-hydroxylation sites is 2. The van der Waals surface area contributed by atoms with E-state index in [0.717, 1.165) is 41.9 Å². The molecule has 1 N–H and O–H groups in total. The summed E-state index contributed by atoms with van der Waals surface area (Å²) in [6.45, 7) is 1.27. The molecule has 3 aromatic rings. The second kappa shape index (κ2) is 6.14. The number of fused-ring (bicyclic) bond motifs is 1. The van der Waals surface area contributed by atoms with Crippen molar-refractivity contribution in [1.82, 2.24) is 9.55 Å². The molecule has 1 fully saturated rings. The Bertz CT molecular complexity index is 791. The summed E-state index contributed by atoms with van der Waals surface area (Å²) in [5, 5.41) is 10.6. The number of aromatic nitrogens is 2. The van der Waals surface area contributed by atoms with Crippen LogP contribution in [0.4, 0.5) is 0 Å². The Morgan fingerprint density at radius 1 is 1.13 bits per heavy atom. The molecule has 0 bridgehead atoms. The van der Waals surface area contributed by atoms with E-state index >= 15 is 0 Å². The van der Waals surface area contributed by atoms with Gasteiger partial charge in [-0.05, 0) is 30.5 Å². The Balaban J connectivity index is 1.73. The highest BCUT2D eigenvalue weighted by Crippen LogP contribution is 2.31. The van der Waals surface area contributed by atoms with Crippen LogP contribution in [0.3, 0.4) is 0 Å². The lowest BCUT2D eigenvalue weighted by molar-refractivity contribution is 0.0968. The fraction of sp³-hybridized carbons (Fsp3) is 0.316. The van der Waals surface area contributed by atoms with Gasteiger partial charge in [-0.25, -0.2) is 4.98 Å². The molecule has 1 saturated heterocycles. The zero-order valence-electron chi connectivity index (χ0n) is 12.9. The van der Waals surface area contributed by atoms with Crippen molar-refractivity contribution in [3.05, 3.63) is 66.0 Å². The van der Waals surface area contributed by atoms with Crippen molar-refractivity contribution in [2.24, 2.45) is 0 Å². The normalized spacial score (nSPS) is 19.3. The minimum atomic E-state index is -0.561. The van der Waals surface area contributed by atoms with Crippen LogP contribution in [0.5, 0.6) is 0 Å². The quantitative estimate of drug-likeness (QED) is 0.801. The van der Waals surface area contributed by atoms with Crippen molar-refractivity contribution in [2.45, 2.75) is 31.6 Å².